The third-order valence-electron chi connectivity index (χ3n) is 1.18. The standard InChI is InChI=1S/C7H12O2/c1-5(2)4-6(3)7(8)9/h5-6H,1,4H2,2-3H3/p+1/t5?,6-/m0/s1. The Morgan fingerprint density at radius 1 is 1.67 bits per heavy atom. The third-order valence-corrected chi connectivity index (χ3v) is 1.18. The van der Waals surface area contributed by atoms with Crippen molar-refractivity contribution in [1.29, 1.82) is 0 Å². The monoisotopic (exact) mass is 129 g/mol. The van der Waals surface area contributed by atoms with Crippen molar-refractivity contribution in [2.24, 2.45) is 11.8 Å². The van der Waals surface area contributed by atoms with Gasteiger partial charge in [-0.15, -0.1) is 0 Å². The van der Waals surface area contributed by atoms with Crippen LogP contribution in [0.5, 0.6) is 0 Å². The molecule has 2 atom stereocenters. The first-order chi connectivity index (χ1) is 4.04. The highest BCUT2D eigenvalue weighted by Crippen LogP contribution is 2.09. The molecule has 0 aromatic heterocycles. The molecule has 0 bridgehead atoms. The molecule has 0 aromatic rings. The maximum Gasteiger partial charge on any atom is 0.306 e. The van der Waals surface area contributed by atoms with Crippen LogP contribution in [0.4, 0.5) is 0 Å². The highest BCUT2D eigenvalue weighted by molar-refractivity contribution is 5.69. The quantitative estimate of drug-likeness (QED) is 0.587. The Balaban J connectivity index is 3.50. The van der Waals surface area contributed by atoms with Gasteiger partial charge in [-0.1, -0.05) is 6.92 Å². The Bertz CT molecular complexity index is 97.1. The van der Waals surface area contributed by atoms with Crippen molar-refractivity contribution in [3.63, 3.8) is 0 Å². The van der Waals surface area contributed by atoms with Crippen LogP contribution in [0.2, 0.25) is 0 Å². The minimum atomic E-state index is -0.731. The zero-order chi connectivity index (χ0) is 7.44. The maximum atomic E-state index is 10.2. The molecule has 0 saturated heterocycles. The molecule has 9 heavy (non-hydrogen) atoms. The summed E-state index contributed by atoms with van der Waals surface area (Å²) in [6, 6.07) is 0. The Kier molecular flexibility index (Phi) is 3.13. The van der Waals surface area contributed by atoms with Gasteiger partial charge >= 0.3 is 5.97 Å². The molecule has 0 aromatic carbocycles. The van der Waals surface area contributed by atoms with Crippen LogP contribution in [-0.4, -0.2) is 11.1 Å². The van der Waals surface area contributed by atoms with E-state index in [0.717, 1.165) is 0 Å². The summed E-state index contributed by atoms with van der Waals surface area (Å²) in [5, 5.41) is 8.40. The maximum absolute atomic E-state index is 10.2. The summed E-state index contributed by atoms with van der Waals surface area (Å²) in [6.07, 6.45) is 0.662. The molecule has 0 radical (unpaired) electrons. The molecule has 0 aliphatic heterocycles. The molecule has 2 heteroatoms. The molecule has 1 N–H and O–H groups in total. The van der Waals surface area contributed by atoms with Gasteiger partial charge in [-0.2, -0.15) is 0 Å². The summed E-state index contributed by atoms with van der Waals surface area (Å²) >= 11 is 0. The van der Waals surface area contributed by atoms with Crippen LogP contribution in [-0.2, 0) is 4.79 Å². The summed E-state index contributed by atoms with van der Waals surface area (Å²) in [5.41, 5.74) is 0. The van der Waals surface area contributed by atoms with E-state index in [2.05, 4.69) is 6.92 Å². The summed E-state index contributed by atoms with van der Waals surface area (Å²) < 4.78 is 0. The predicted octanol–water partition coefficient (Wildman–Crippen LogP) is 1.57. The number of carbonyl (C=O) groups is 1. The van der Waals surface area contributed by atoms with Crippen molar-refractivity contribution in [2.45, 2.75) is 20.3 Å². The zero-order valence-electron chi connectivity index (χ0n) is 5.92. The lowest BCUT2D eigenvalue weighted by Gasteiger charge is -2.03. The number of hydrogen-bond acceptors (Lipinski definition) is 1. The Hall–Kier alpha value is -0.660. The first kappa shape index (κ1) is 8.34. The van der Waals surface area contributed by atoms with Gasteiger partial charge < -0.3 is 5.11 Å². The molecule has 0 rings (SSSR count). The molecule has 0 heterocycles. The lowest BCUT2D eigenvalue weighted by atomic mass is 9.99. The second kappa shape index (κ2) is 3.38. The van der Waals surface area contributed by atoms with E-state index in [4.69, 9.17) is 5.11 Å². The van der Waals surface area contributed by atoms with Crippen LogP contribution in [0.1, 0.15) is 20.3 Å². The fourth-order valence-corrected chi connectivity index (χ4v) is 0.704. The van der Waals surface area contributed by atoms with Gasteiger partial charge in [0.05, 0.1) is 18.8 Å². The number of rotatable bonds is 3. The fraction of sp³-hybridized carbons (Fsp3) is 0.714. The Morgan fingerprint density at radius 3 is 2.22 bits per heavy atom. The molecule has 0 spiro atoms. The Morgan fingerprint density at radius 2 is 2.11 bits per heavy atom. The molecular formula is C7H13O2+. The number of carboxylic acids is 1. The van der Waals surface area contributed by atoms with Gasteiger partial charge in [-0.25, -0.2) is 0 Å². The predicted molar refractivity (Wildman–Crippen MR) is 35.9 cm³/mol. The van der Waals surface area contributed by atoms with Crippen LogP contribution in [0, 0.1) is 18.8 Å². The number of aliphatic carboxylic acids is 1. The van der Waals surface area contributed by atoms with Gasteiger partial charge in [-0.3, -0.25) is 4.79 Å². The van der Waals surface area contributed by atoms with Crippen molar-refractivity contribution < 1.29 is 9.90 Å². The molecule has 0 amide bonds. The van der Waals surface area contributed by atoms with E-state index in [1.54, 1.807) is 6.92 Å². The highest BCUT2D eigenvalue weighted by Gasteiger charge is 2.14. The van der Waals surface area contributed by atoms with Crippen molar-refractivity contribution in [2.75, 3.05) is 0 Å². The van der Waals surface area contributed by atoms with E-state index < -0.39 is 5.97 Å². The van der Waals surface area contributed by atoms with E-state index in [1.165, 1.54) is 0 Å². The highest BCUT2D eigenvalue weighted by atomic mass is 16.4. The molecule has 0 aliphatic carbocycles. The van der Waals surface area contributed by atoms with Crippen molar-refractivity contribution in [3.05, 3.63) is 6.92 Å². The summed E-state index contributed by atoms with van der Waals surface area (Å²) in [5.74, 6) is -0.751. The first-order valence-corrected chi connectivity index (χ1v) is 3.10. The molecule has 0 fully saturated rings. The molecule has 0 aliphatic rings. The van der Waals surface area contributed by atoms with Crippen LogP contribution in [0.15, 0.2) is 0 Å². The van der Waals surface area contributed by atoms with Gasteiger partial charge in [0.25, 0.3) is 0 Å². The van der Waals surface area contributed by atoms with Crippen molar-refractivity contribution >= 4 is 5.97 Å². The molecule has 52 valence electrons. The lowest BCUT2D eigenvalue weighted by molar-refractivity contribution is -0.141. The van der Waals surface area contributed by atoms with Crippen LogP contribution >= 0.6 is 0 Å². The normalized spacial score (nSPS) is 16.7. The van der Waals surface area contributed by atoms with Crippen LogP contribution < -0.4 is 0 Å². The zero-order valence-corrected chi connectivity index (χ0v) is 5.92. The van der Waals surface area contributed by atoms with E-state index >= 15 is 0 Å². The topological polar surface area (TPSA) is 37.3 Å². The minimum absolute atomic E-state index is 0.232. The molecule has 0 saturated carbocycles. The smallest absolute Gasteiger partial charge is 0.306 e. The number of hydrogen-bond donors (Lipinski definition) is 1. The average Bonchev–Trinajstić information content (AvgIpc) is 1.63. The van der Waals surface area contributed by atoms with Gasteiger partial charge in [0, 0.05) is 6.42 Å². The minimum Gasteiger partial charge on any atom is -0.481 e. The van der Waals surface area contributed by atoms with Crippen LogP contribution in [0.3, 0.4) is 0 Å². The molecule has 2 nitrogen and oxygen atoms in total. The molecular weight excluding hydrogens is 116 g/mol. The van der Waals surface area contributed by atoms with Crippen molar-refractivity contribution in [3.8, 4) is 0 Å². The third kappa shape index (κ3) is 3.88. The van der Waals surface area contributed by atoms with E-state index in [1.807, 2.05) is 6.92 Å². The summed E-state index contributed by atoms with van der Waals surface area (Å²) in [4.78, 5) is 10.2. The fourth-order valence-electron chi connectivity index (χ4n) is 0.704. The second-order valence-corrected chi connectivity index (χ2v) is 2.58. The van der Waals surface area contributed by atoms with Crippen molar-refractivity contribution in [1.82, 2.24) is 0 Å². The van der Waals surface area contributed by atoms with E-state index in [9.17, 15) is 4.79 Å². The van der Waals surface area contributed by atoms with Crippen LogP contribution in [0.25, 0.3) is 0 Å². The lowest BCUT2D eigenvalue weighted by Crippen LogP contribution is -2.11. The molecule has 1 unspecified atom stereocenters. The summed E-state index contributed by atoms with van der Waals surface area (Å²) in [6.45, 7) is 7.31. The number of carboxylic acid groups (broad SMARTS) is 1. The first-order valence-electron chi connectivity index (χ1n) is 3.10. The SMILES string of the molecule is [CH2+]C(C)C[C@H](C)C(=O)O. The second-order valence-electron chi connectivity index (χ2n) is 2.58. The Labute approximate surface area is 55.9 Å². The van der Waals surface area contributed by atoms with Gasteiger partial charge in [0.2, 0.25) is 0 Å². The van der Waals surface area contributed by atoms with Gasteiger partial charge in [0.1, 0.15) is 0 Å². The van der Waals surface area contributed by atoms with E-state index in [0.29, 0.717) is 6.42 Å². The largest absolute Gasteiger partial charge is 0.481 e. The van der Waals surface area contributed by atoms with E-state index in [-0.39, 0.29) is 11.8 Å². The summed E-state index contributed by atoms with van der Waals surface area (Å²) in [7, 11) is 0. The average molecular weight is 129 g/mol. The van der Waals surface area contributed by atoms with Gasteiger partial charge in [0.15, 0.2) is 0 Å². The van der Waals surface area contributed by atoms with Gasteiger partial charge in [-0.05, 0) is 6.92 Å².